The Morgan fingerprint density at radius 1 is 0.967 bits per heavy atom. The minimum absolute atomic E-state index is 0.0363. The lowest BCUT2D eigenvalue weighted by Gasteiger charge is -2.12. The van der Waals surface area contributed by atoms with Crippen LogP contribution in [0.2, 0.25) is 0 Å². The summed E-state index contributed by atoms with van der Waals surface area (Å²) >= 11 is 0. The monoisotopic (exact) mass is 436 g/mol. The van der Waals surface area contributed by atoms with Gasteiger partial charge in [-0.05, 0) is 48.7 Å². The molecule has 0 aliphatic carbocycles. The predicted octanol–water partition coefficient (Wildman–Crippen LogP) is 1.91. The summed E-state index contributed by atoms with van der Waals surface area (Å²) in [5.41, 5.74) is 1.98. The number of ether oxygens (including phenoxy) is 3. The van der Waals surface area contributed by atoms with E-state index in [1.54, 1.807) is 27.2 Å². The van der Waals surface area contributed by atoms with Crippen molar-refractivity contribution in [2.45, 2.75) is 18.2 Å². The molecule has 1 amide bonds. The van der Waals surface area contributed by atoms with E-state index in [2.05, 4.69) is 10.0 Å². The van der Waals surface area contributed by atoms with Gasteiger partial charge < -0.3 is 19.5 Å². The average molecular weight is 437 g/mol. The van der Waals surface area contributed by atoms with Crippen LogP contribution in [0.25, 0.3) is 0 Å². The second-order valence-corrected chi connectivity index (χ2v) is 8.33. The number of methoxy groups -OCH3 is 3. The molecule has 0 saturated heterocycles. The zero-order valence-electron chi connectivity index (χ0n) is 17.7. The van der Waals surface area contributed by atoms with Gasteiger partial charge in [-0.25, -0.2) is 13.1 Å². The van der Waals surface area contributed by atoms with Gasteiger partial charge in [-0.2, -0.15) is 0 Å². The third-order valence-corrected chi connectivity index (χ3v) is 5.97. The van der Waals surface area contributed by atoms with Crippen molar-refractivity contribution in [3.8, 4) is 11.5 Å². The maximum Gasteiger partial charge on any atom is 0.251 e. The number of amides is 1. The molecule has 2 aromatic carbocycles. The van der Waals surface area contributed by atoms with E-state index in [1.807, 2.05) is 18.2 Å². The minimum atomic E-state index is -3.72. The van der Waals surface area contributed by atoms with Gasteiger partial charge in [0.2, 0.25) is 10.0 Å². The van der Waals surface area contributed by atoms with Crippen molar-refractivity contribution in [3.63, 3.8) is 0 Å². The molecule has 30 heavy (non-hydrogen) atoms. The summed E-state index contributed by atoms with van der Waals surface area (Å²) in [6.07, 6.45) is 0.585. The van der Waals surface area contributed by atoms with E-state index in [0.29, 0.717) is 35.6 Å². The van der Waals surface area contributed by atoms with Crippen molar-refractivity contribution in [1.29, 1.82) is 0 Å². The van der Waals surface area contributed by atoms with E-state index in [9.17, 15) is 13.2 Å². The van der Waals surface area contributed by atoms with Crippen LogP contribution >= 0.6 is 0 Å². The Morgan fingerprint density at radius 2 is 1.70 bits per heavy atom. The lowest BCUT2D eigenvalue weighted by atomic mass is 10.1. The minimum Gasteiger partial charge on any atom is -0.493 e. The fourth-order valence-electron chi connectivity index (χ4n) is 2.83. The fourth-order valence-corrected chi connectivity index (χ4v) is 3.86. The first-order valence-corrected chi connectivity index (χ1v) is 10.9. The summed E-state index contributed by atoms with van der Waals surface area (Å²) in [5.74, 6) is 0.927. The van der Waals surface area contributed by atoms with Crippen molar-refractivity contribution < 1.29 is 27.4 Å². The van der Waals surface area contributed by atoms with Crippen molar-refractivity contribution in [2.75, 3.05) is 41.0 Å². The van der Waals surface area contributed by atoms with Gasteiger partial charge in [0.05, 0.1) is 25.7 Å². The maximum atomic E-state index is 12.6. The summed E-state index contributed by atoms with van der Waals surface area (Å²) in [6, 6.07) is 10.0. The molecule has 2 N–H and O–H groups in total. The number of sulfonamides is 1. The molecule has 0 fully saturated rings. The van der Waals surface area contributed by atoms with Crippen LogP contribution in [0.15, 0.2) is 41.3 Å². The molecule has 0 bridgehead atoms. The topological polar surface area (TPSA) is 103 Å². The van der Waals surface area contributed by atoms with Gasteiger partial charge in [0.15, 0.2) is 11.5 Å². The Hall–Kier alpha value is -2.62. The molecular formula is C21H28N2O6S. The molecular weight excluding hydrogens is 408 g/mol. The Morgan fingerprint density at radius 3 is 2.37 bits per heavy atom. The Kier molecular flexibility index (Phi) is 8.64. The Balaban J connectivity index is 2.05. The Labute approximate surface area is 177 Å². The van der Waals surface area contributed by atoms with Crippen molar-refractivity contribution >= 4 is 15.9 Å². The highest BCUT2D eigenvalue weighted by molar-refractivity contribution is 7.89. The summed E-state index contributed by atoms with van der Waals surface area (Å²) in [5, 5.41) is 2.84. The van der Waals surface area contributed by atoms with Crippen molar-refractivity contribution in [1.82, 2.24) is 10.0 Å². The van der Waals surface area contributed by atoms with E-state index >= 15 is 0 Å². The van der Waals surface area contributed by atoms with E-state index in [1.165, 1.54) is 19.2 Å². The van der Waals surface area contributed by atoms with Gasteiger partial charge in [0, 0.05) is 25.8 Å². The third kappa shape index (κ3) is 6.19. The highest BCUT2D eigenvalue weighted by Crippen LogP contribution is 2.27. The standard InChI is InChI=1S/C21H28N2O6S/c1-15-5-7-17(30(25,26)23-11-12-27-2)14-18(15)21(24)22-10-9-16-6-8-19(28-3)20(13-16)29-4/h5-8,13-14,23H,9-12H2,1-4H3,(H,22,24). The van der Waals surface area contributed by atoms with E-state index in [0.717, 1.165) is 5.56 Å². The van der Waals surface area contributed by atoms with Crippen LogP contribution in [-0.2, 0) is 21.2 Å². The first kappa shape index (κ1) is 23.7. The number of rotatable bonds is 11. The maximum absolute atomic E-state index is 12.6. The molecule has 164 valence electrons. The molecule has 0 spiro atoms. The summed E-state index contributed by atoms with van der Waals surface area (Å²) < 4.78 is 42.6. The van der Waals surface area contributed by atoms with Gasteiger partial charge >= 0.3 is 0 Å². The first-order chi connectivity index (χ1) is 14.3. The number of benzene rings is 2. The van der Waals surface area contributed by atoms with Gasteiger partial charge in [-0.1, -0.05) is 12.1 Å². The largest absolute Gasteiger partial charge is 0.493 e. The highest BCUT2D eigenvalue weighted by atomic mass is 32.2. The number of carbonyl (C=O) groups excluding carboxylic acids is 1. The van der Waals surface area contributed by atoms with E-state index < -0.39 is 10.0 Å². The average Bonchev–Trinajstić information content (AvgIpc) is 2.73. The van der Waals surface area contributed by atoms with Crippen LogP contribution in [0.5, 0.6) is 11.5 Å². The lowest BCUT2D eigenvalue weighted by molar-refractivity contribution is 0.0953. The summed E-state index contributed by atoms with van der Waals surface area (Å²) in [7, 11) is 0.910. The van der Waals surface area contributed by atoms with Crippen molar-refractivity contribution in [2.24, 2.45) is 0 Å². The van der Waals surface area contributed by atoms with Gasteiger partial charge in [0.25, 0.3) is 5.91 Å². The van der Waals surface area contributed by atoms with E-state index in [-0.39, 0.29) is 24.0 Å². The number of hydrogen-bond donors (Lipinski definition) is 2. The molecule has 2 rings (SSSR count). The number of carbonyl (C=O) groups is 1. The Bertz CT molecular complexity index is 975. The molecule has 0 atom stereocenters. The summed E-state index contributed by atoms with van der Waals surface area (Å²) in [4.78, 5) is 12.7. The molecule has 8 nitrogen and oxygen atoms in total. The van der Waals surface area contributed by atoms with E-state index in [4.69, 9.17) is 14.2 Å². The van der Waals surface area contributed by atoms with Crippen LogP contribution in [0.4, 0.5) is 0 Å². The molecule has 0 aliphatic heterocycles. The number of aryl methyl sites for hydroxylation is 1. The predicted molar refractivity (Wildman–Crippen MR) is 114 cm³/mol. The highest BCUT2D eigenvalue weighted by Gasteiger charge is 2.17. The van der Waals surface area contributed by atoms with Crippen molar-refractivity contribution in [3.05, 3.63) is 53.1 Å². The van der Waals surface area contributed by atoms with Gasteiger partial charge in [-0.15, -0.1) is 0 Å². The molecule has 2 aromatic rings. The first-order valence-electron chi connectivity index (χ1n) is 9.40. The smallest absolute Gasteiger partial charge is 0.251 e. The van der Waals surface area contributed by atoms with Crippen LogP contribution in [0.1, 0.15) is 21.5 Å². The fraction of sp³-hybridized carbons (Fsp3) is 0.381. The quantitative estimate of drug-likeness (QED) is 0.522. The second kappa shape index (κ2) is 11.0. The SMILES string of the molecule is COCCNS(=O)(=O)c1ccc(C)c(C(=O)NCCc2ccc(OC)c(OC)c2)c1. The molecule has 0 radical (unpaired) electrons. The van der Waals surface area contributed by atoms with Gasteiger partial charge in [0.1, 0.15) is 0 Å². The van der Waals surface area contributed by atoms with Crippen LogP contribution in [-0.4, -0.2) is 55.4 Å². The zero-order valence-corrected chi connectivity index (χ0v) is 18.5. The third-order valence-electron chi connectivity index (χ3n) is 4.51. The second-order valence-electron chi connectivity index (χ2n) is 6.56. The number of nitrogens with one attached hydrogen (secondary N) is 2. The normalized spacial score (nSPS) is 11.2. The molecule has 0 unspecified atom stereocenters. The molecule has 0 saturated carbocycles. The van der Waals surface area contributed by atoms with Gasteiger partial charge in [-0.3, -0.25) is 4.79 Å². The molecule has 0 aromatic heterocycles. The molecule has 0 heterocycles. The van der Waals surface area contributed by atoms with Crippen LogP contribution < -0.4 is 19.5 Å². The molecule has 9 heteroatoms. The summed E-state index contributed by atoms with van der Waals surface area (Å²) in [6.45, 7) is 2.56. The van der Waals surface area contributed by atoms with Crippen LogP contribution in [0.3, 0.4) is 0 Å². The molecule has 0 aliphatic rings. The zero-order chi connectivity index (χ0) is 22.1. The van der Waals surface area contributed by atoms with Crippen LogP contribution in [0, 0.1) is 6.92 Å². The number of hydrogen-bond acceptors (Lipinski definition) is 6. The lowest BCUT2D eigenvalue weighted by Crippen LogP contribution is -2.29.